The lowest BCUT2D eigenvalue weighted by Gasteiger charge is -2.10. The molecule has 0 atom stereocenters. The molecule has 0 aliphatic heterocycles. The molecule has 5 heteroatoms. The average molecular weight is 311 g/mol. The van der Waals surface area contributed by atoms with Crippen LogP contribution in [-0.2, 0) is 6.42 Å². The molecule has 0 saturated heterocycles. The molecule has 1 aliphatic carbocycles. The minimum atomic E-state index is -0.0964. The van der Waals surface area contributed by atoms with Gasteiger partial charge in [-0.1, -0.05) is 18.2 Å². The number of carbonyl (C=O) groups excluding carboxylic acids is 1. The highest BCUT2D eigenvalue weighted by molar-refractivity contribution is 5.93. The number of anilines is 1. The molecule has 5 nitrogen and oxygen atoms in total. The van der Waals surface area contributed by atoms with Gasteiger partial charge in [-0.2, -0.15) is 0 Å². The van der Waals surface area contributed by atoms with E-state index in [4.69, 9.17) is 4.74 Å². The summed E-state index contributed by atoms with van der Waals surface area (Å²) in [5.74, 6) is 0.800. The lowest BCUT2D eigenvalue weighted by molar-refractivity contribution is 0.0946. The molecular formula is C18H21N3O2. The fraction of sp³-hybridized carbons (Fsp3) is 0.333. The molecular weight excluding hydrogens is 290 g/mol. The zero-order chi connectivity index (χ0) is 16.1. The van der Waals surface area contributed by atoms with Gasteiger partial charge in [-0.15, -0.1) is 0 Å². The van der Waals surface area contributed by atoms with Crippen molar-refractivity contribution in [3.8, 4) is 5.75 Å². The van der Waals surface area contributed by atoms with Gasteiger partial charge >= 0.3 is 0 Å². The first-order valence-electron chi connectivity index (χ1n) is 7.89. The van der Waals surface area contributed by atoms with Gasteiger partial charge in [-0.25, -0.2) is 0 Å². The Morgan fingerprint density at radius 3 is 2.91 bits per heavy atom. The van der Waals surface area contributed by atoms with Crippen LogP contribution in [0.1, 0.15) is 28.9 Å². The maximum atomic E-state index is 12.0. The van der Waals surface area contributed by atoms with E-state index in [0.29, 0.717) is 11.7 Å². The summed E-state index contributed by atoms with van der Waals surface area (Å²) >= 11 is 0. The van der Waals surface area contributed by atoms with Gasteiger partial charge in [0.15, 0.2) is 0 Å². The molecule has 0 spiro atoms. The molecule has 3 rings (SSSR count). The Morgan fingerprint density at radius 1 is 1.30 bits per heavy atom. The van der Waals surface area contributed by atoms with Crippen molar-refractivity contribution in [1.29, 1.82) is 0 Å². The van der Waals surface area contributed by atoms with Gasteiger partial charge < -0.3 is 15.4 Å². The van der Waals surface area contributed by atoms with E-state index in [0.717, 1.165) is 42.8 Å². The number of methoxy groups -OCH3 is 1. The molecule has 1 fully saturated rings. The third-order valence-corrected chi connectivity index (χ3v) is 3.82. The molecule has 1 heterocycles. The highest BCUT2D eigenvalue weighted by atomic mass is 16.5. The van der Waals surface area contributed by atoms with Gasteiger partial charge in [0.25, 0.3) is 5.91 Å². The number of benzene rings is 1. The number of nitrogens with one attached hydrogen (secondary N) is 2. The van der Waals surface area contributed by atoms with E-state index in [1.165, 1.54) is 0 Å². The standard InChI is InChI=1S/C18H21N3O2/c1-23-17-5-3-2-4-13(17)8-10-19-15-9-11-20-16(12-15)18(22)21-14-6-7-14/h2-5,9,11-12,14H,6-8,10H2,1H3,(H,19,20)(H,21,22). The van der Waals surface area contributed by atoms with Gasteiger partial charge in [0.05, 0.1) is 7.11 Å². The van der Waals surface area contributed by atoms with Crippen LogP contribution in [0.5, 0.6) is 5.75 Å². The molecule has 1 aliphatic rings. The molecule has 2 N–H and O–H groups in total. The van der Waals surface area contributed by atoms with Crippen LogP contribution in [0.4, 0.5) is 5.69 Å². The number of aromatic nitrogens is 1. The molecule has 120 valence electrons. The highest BCUT2D eigenvalue weighted by Gasteiger charge is 2.24. The first-order chi connectivity index (χ1) is 11.3. The SMILES string of the molecule is COc1ccccc1CCNc1ccnc(C(=O)NC2CC2)c1. The minimum absolute atomic E-state index is 0.0964. The molecule has 1 amide bonds. The van der Waals surface area contributed by atoms with Gasteiger partial charge in [0, 0.05) is 24.5 Å². The van der Waals surface area contributed by atoms with Gasteiger partial charge in [-0.3, -0.25) is 9.78 Å². The third kappa shape index (κ3) is 4.22. The summed E-state index contributed by atoms with van der Waals surface area (Å²) in [5.41, 5.74) is 2.51. The summed E-state index contributed by atoms with van der Waals surface area (Å²) < 4.78 is 5.35. The first kappa shape index (κ1) is 15.3. The molecule has 1 saturated carbocycles. The first-order valence-corrected chi connectivity index (χ1v) is 7.89. The Hall–Kier alpha value is -2.56. The highest BCUT2D eigenvalue weighted by Crippen LogP contribution is 2.20. The maximum absolute atomic E-state index is 12.0. The normalized spacial score (nSPS) is 13.4. The molecule has 0 bridgehead atoms. The van der Waals surface area contributed by atoms with E-state index in [-0.39, 0.29) is 5.91 Å². The summed E-state index contributed by atoms with van der Waals surface area (Å²) in [4.78, 5) is 16.1. The zero-order valence-corrected chi connectivity index (χ0v) is 13.2. The van der Waals surface area contributed by atoms with Crippen molar-refractivity contribution in [2.45, 2.75) is 25.3 Å². The number of rotatable bonds is 7. The van der Waals surface area contributed by atoms with Gasteiger partial charge in [0.2, 0.25) is 0 Å². The van der Waals surface area contributed by atoms with Crippen LogP contribution in [0.15, 0.2) is 42.6 Å². The third-order valence-electron chi connectivity index (χ3n) is 3.82. The maximum Gasteiger partial charge on any atom is 0.270 e. The van der Waals surface area contributed by atoms with Crippen molar-refractivity contribution in [2.24, 2.45) is 0 Å². The van der Waals surface area contributed by atoms with Crippen LogP contribution in [-0.4, -0.2) is 30.6 Å². The lowest BCUT2D eigenvalue weighted by atomic mass is 10.1. The van der Waals surface area contributed by atoms with Crippen molar-refractivity contribution in [1.82, 2.24) is 10.3 Å². The van der Waals surface area contributed by atoms with E-state index in [9.17, 15) is 4.79 Å². The topological polar surface area (TPSA) is 63.2 Å². The number of amides is 1. The molecule has 2 aromatic rings. The van der Waals surface area contributed by atoms with E-state index < -0.39 is 0 Å². The summed E-state index contributed by atoms with van der Waals surface area (Å²) in [6, 6.07) is 12.0. The second kappa shape index (κ2) is 7.13. The lowest BCUT2D eigenvalue weighted by Crippen LogP contribution is -2.26. The fourth-order valence-corrected chi connectivity index (χ4v) is 2.40. The number of ether oxygens (including phenoxy) is 1. The Balaban J connectivity index is 1.56. The van der Waals surface area contributed by atoms with Crippen LogP contribution >= 0.6 is 0 Å². The molecule has 0 radical (unpaired) electrons. The number of carbonyl (C=O) groups is 1. The van der Waals surface area contributed by atoms with E-state index in [2.05, 4.69) is 21.7 Å². The van der Waals surface area contributed by atoms with Crippen molar-refractivity contribution < 1.29 is 9.53 Å². The number of nitrogens with zero attached hydrogens (tertiary/aromatic N) is 1. The summed E-state index contributed by atoms with van der Waals surface area (Å²) in [5, 5.41) is 6.28. The zero-order valence-electron chi connectivity index (χ0n) is 13.2. The molecule has 0 unspecified atom stereocenters. The van der Waals surface area contributed by atoms with E-state index in [1.54, 1.807) is 19.4 Å². The second-order valence-electron chi connectivity index (χ2n) is 5.67. The van der Waals surface area contributed by atoms with Crippen LogP contribution in [0.3, 0.4) is 0 Å². The fourth-order valence-electron chi connectivity index (χ4n) is 2.40. The smallest absolute Gasteiger partial charge is 0.270 e. The van der Waals surface area contributed by atoms with Crippen LogP contribution < -0.4 is 15.4 Å². The Morgan fingerprint density at radius 2 is 2.13 bits per heavy atom. The van der Waals surface area contributed by atoms with Gasteiger partial charge in [-0.05, 0) is 43.0 Å². The molecule has 1 aromatic heterocycles. The summed E-state index contributed by atoms with van der Waals surface area (Å²) in [6.45, 7) is 0.758. The number of hydrogen-bond acceptors (Lipinski definition) is 4. The van der Waals surface area contributed by atoms with Crippen molar-refractivity contribution >= 4 is 11.6 Å². The van der Waals surface area contributed by atoms with Crippen LogP contribution in [0.2, 0.25) is 0 Å². The van der Waals surface area contributed by atoms with E-state index >= 15 is 0 Å². The van der Waals surface area contributed by atoms with Crippen LogP contribution in [0.25, 0.3) is 0 Å². The molecule has 23 heavy (non-hydrogen) atoms. The number of hydrogen-bond donors (Lipinski definition) is 2. The van der Waals surface area contributed by atoms with Gasteiger partial charge in [0.1, 0.15) is 11.4 Å². The monoisotopic (exact) mass is 311 g/mol. The minimum Gasteiger partial charge on any atom is -0.496 e. The Labute approximate surface area is 136 Å². The van der Waals surface area contributed by atoms with Crippen molar-refractivity contribution in [3.63, 3.8) is 0 Å². The number of para-hydroxylation sites is 1. The van der Waals surface area contributed by atoms with E-state index in [1.807, 2.05) is 24.3 Å². The predicted molar refractivity (Wildman–Crippen MR) is 89.9 cm³/mol. The summed E-state index contributed by atoms with van der Waals surface area (Å²) in [6.07, 6.45) is 4.65. The largest absolute Gasteiger partial charge is 0.496 e. The van der Waals surface area contributed by atoms with Crippen molar-refractivity contribution in [3.05, 3.63) is 53.9 Å². The second-order valence-corrected chi connectivity index (χ2v) is 5.67. The predicted octanol–water partition coefficient (Wildman–Crippen LogP) is 2.64. The Kier molecular flexibility index (Phi) is 4.76. The Bertz CT molecular complexity index is 683. The molecule has 1 aromatic carbocycles. The average Bonchev–Trinajstić information content (AvgIpc) is 3.39. The quantitative estimate of drug-likeness (QED) is 0.825. The van der Waals surface area contributed by atoms with Crippen LogP contribution in [0, 0.1) is 0 Å². The van der Waals surface area contributed by atoms with Crippen molar-refractivity contribution in [2.75, 3.05) is 19.0 Å². The summed E-state index contributed by atoms with van der Waals surface area (Å²) in [7, 11) is 1.68. The number of pyridine rings is 1.